The predicted octanol–water partition coefficient (Wildman–Crippen LogP) is 2.67. The van der Waals surface area contributed by atoms with E-state index in [1.807, 2.05) is 0 Å². The molecule has 0 spiro atoms. The van der Waals surface area contributed by atoms with E-state index in [1.165, 1.54) is 6.07 Å². The molecule has 5 nitrogen and oxygen atoms in total. The molecule has 0 aromatic heterocycles. The third-order valence-electron chi connectivity index (χ3n) is 4.87. The SMILES string of the molecule is COC1CCN2C(=O)c3cc(-c4ccccc4F)ccc3NC(=O)C12. The van der Waals surface area contributed by atoms with Gasteiger partial charge in [-0.1, -0.05) is 24.3 Å². The number of nitrogens with one attached hydrogen (secondary N) is 1. The second-order valence-corrected chi connectivity index (χ2v) is 6.24. The maximum atomic E-state index is 14.1. The maximum Gasteiger partial charge on any atom is 0.256 e. The number of carbonyl (C=O) groups is 2. The summed E-state index contributed by atoms with van der Waals surface area (Å²) in [5.74, 6) is -0.850. The lowest BCUT2D eigenvalue weighted by molar-refractivity contribution is -0.122. The zero-order valence-corrected chi connectivity index (χ0v) is 13.7. The monoisotopic (exact) mass is 340 g/mol. The smallest absolute Gasteiger partial charge is 0.256 e. The summed E-state index contributed by atoms with van der Waals surface area (Å²) in [6.07, 6.45) is 0.298. The number of methoxy groups -OCH3 is 1. The highest BCUT2D eigenvalue weighted by Crippen LogP contribution is 2.33. The molecule has 2 amide bonds. The number of hydrogen-bond acceptors (Lipinski definition) is 3. The molecule has 4 rings (SSSR count). The van der Waals surface area contributed by atoms with Crippen LogP contribution in [0, 0.1) is 5.82 Å². The Morgan fingerprint density at radius 2 is 1.96 bits per heavy atom. The molecule has 0 radical (unpaired) electrons. The lowest BCUT2D eigenvalue weighted by Gasteiger charge is -2.23. The highest BCUT2D eigenvalue weighted by molar-refractivity contribution is 6.11. The number of hydrogen-bond donors (Lipinski definition) is 1. The zero-order chi connectivity index (χ0) is 17.6. The van der Waals surface area contributed by atoms with Crippen LogP contribution in [-0.2, 0) is 9.53 Å². The van der Waals surface area contributed by atoms with Gasteiger partial charge in [-0.05, 0) is 30.2 Å². The average molecular weight is 340 g/mol. The number of ether oxygens (including phenoxy) is 1. The summed E-state index contributed by atoms with van der Waals surface area (Å²) in [6, 6.07) is 10.8. The standard InChI is InChI=1S/C19H17FN2O3/c1-25-16-8-9-22-17(16)18(23)21-15-7-6-11(10-13(15)19(22)24)12-4-2-3-5-14(12)20/h2-7,10,16-17H,8-9H2,1H3,(H,21,23). The Hall–Kier alpha value is -2.73. The first-order valence-electron chi connectivity index (χ1n) is 8.13. The number of halogens is 1. The first kappa shape index (κ1) is 15.8. The summed E-state index contributed by atoms with van der Waals surface area (Å²) < 4.78 is 19.4. The van der Waals surface area contributed by atoms with Crippen LogP contribution < -0.4 is 5.32 Å². The van der Waals surface area contributed by atoms with Gasteiger partial charge in [-0.25, -0.2) is 4.39 Å². The fraction of sp³-hybridized carbons (Fsp3) is 0.263. The van der Waals surface area contributed by atoms with Gasteiger partial charge in [-0.2, -0.15) is 0 Å². The molecule has 1 saturated heterocycles. The molecular weight excluding hydrogens is 323 g/mol. The maximum absolute atomic E-state index is 14.1. The minimum absolute atomic E-state index is 0.240. The van der Waals surface area contributed by atoms with Crippen LogP contribution in [0.15, 0.2) is 42.5 Å². The number of amides is 2. The highest BCUT2D eigenvalue weighted by atomic mass is 19.1. The van der Waals surface area contributed by atoms with Gasteiger partial charge in [0.2, 0.25) is 5.91 Å². The number of rotatable bonds is 2. The van der Waals surface area contributed by atoms with Crippen LogP contribution in [0.3, 0.4) is 0 Å². The van der Waals surface area contributed by atoms with Crippen LogP contribution in [0.4, 0.5) is 10.1 Å². The summed E-state index contributed by atoms with van der Waals surface area (Å²) >= 11 is 0. The Morgan fingerprint density at radius 3 is 2.72 bits per heavy atom. The lowest BCUT2D eigenvalue weighted by Crippen LogP contribution is -2.46. The largest absolute Gasteiger partial charge is 0.379 e. The van der Waals surface area contributed by atoms with Crippen LogP contribution in [0.5, 0.6) is 0 Å². The lowest BCUT2D eigenvalue weighted by atomic mass is 10.0. The van der Waals surface area contributed by atoms with E-state index in [4.69, 9.17) is 4.74 Å². The van der Waals surface area contributed by atoms with E-state index >= 15 is 0 Å². The Kier molecular flexibility index (Phi) is 3.77. The fourth-order valence-electron chi connectivity index (χ4n) is 3.60. The molecule has 2 atom stereocenters. The summed E-state index contributed by atoms with van der Waals surface area (Å²) in [5.41, 5.74) is 1.83. The molecular formula is C19H17FN2O3. The van der Waals surface area contributed by atoms with Crippen molar-refractivity contribution in [1.82, 2.24) is 4.90 Å². The van der Waals surface area contributed by atoms with Gasteiger partial charge >= 0.3 is 0 Å². The number of nitrogens with zero attached hydrogens (tertiary/aromatic N) is 1. The second-order valence-electron chi connectivity index (χ2n) is 6.24. The van der Waals surface area contributed by atoms with E-state index < -0.39 is 6.04 Å². The van der Waals surface area contributed by atoms with Crippen molar-refractivity contribution in [2.24, 2.45) is 0 Å². The molecule has 128 valence electrons. The van der Waals surface area contributed by atoms with Gasteiger partial charge in [-0.15, -0.1) is 0 Å². The van der Waals surface area contributed by atoms with Crippen molar-refractivity contribution in [3.63, 3.8) is 0 Å². The fourth-order valence-corrected chi connectivity index (χ4v) is 3.60. The number of carbonyl (C=O) groups excluding carboxylic acids is 2. The highest BCUT2D eigenvalue weighted by Gasteiger charge is 2.45. The molecule has 2 aromatic carbocycles. The zero-order valence-electron chi connectivity index (χ0n) is 13.7. The third-order valence-corrected chi connectivity index (χ3v) is 4.87. The average Bonchev–Trinajstić information content (AvgIpc) is 3.02. The molecule has 6 heteroatoms. The summed E-state index contributed by atoms with van der Waals surface area (Å²) in [5, 5.41) is 2.81. The molecule has 25 heavy (non-hydrogen) atoms. The molecule has 2 aromatic rings. The van der Waals surface area contributed by atoms with Crippen molar-refractivity contribution in [3.8, 4) is 11.1 Å². The van der Waals surface area contributed by atoms with Gasteiger partial charge in [-0.3, -0.25) is 9.59 Å². The summed E-state index contributed by atoms with van der Waals surface area (Å²) in [4.78, 5) is 27.1. The van der Waals surface area contributed by atoms with E-state index in [9.17, 15) is 14.0 Å². The van der Waals surface area contributed by atoms with Crippen LogP contribution in [-0.4, -0.2) is 42.5 Å². The van der Waals surface area contributed by atoms with Crippen LogP contribution in [0.2, 0.25) is 0 Å². The Bertz CT molecular complexity index is 867. The van der Waals surface area contributed by atoms with Crippen LogP contribution in [0.25, 0.3) is 11.1 Å². The molecule has 1 fully saturated rings. The minimum Gasteiger partial charge on any atom is -0.379 e. The van der Waals surface area contributed by atoms with Crippen molar-refractivity contribution < 1.29 is 18.7 Å². The van der Waals surface area contributed by atoms with Crippen molar-refractivity contribution in [2.45, 2.75) is 18.6 Å². The Labute approximate surface area is 144 Å². The molecule has 0 saturated carbocycles. The number of benzene rings is 2. The Balaban J connectivity index is 1.79. The normalized spacial score (nSPS) is 22.2. The summed E-state index contributed by atoms with van der Waals surface area (Å²) in [6.45, 7) is 0.457. The van der Waals surface area contributed by atoms with Crippen LogP contribution in [0.1, 0.15) is 16.8 Å². The van der Waals surface area contributed by atoms with E-state index in [0.717, 1.165) is 0 Å². The van der Waals surface area contributed by atoms with Gasteiger partial charge in [0.1, 0.15) is 11.9 Å². The van der Waals surface area contributed by atoms with Crippen LogP contribution >= 0.6 is 0 Å². The minimum atomic E-state index is -0.637. The molecule has 0 aliphatic carbocycles. The first-order valence-corrected chi connectivity index (χ1v) is 8.13. The quantitative estimate of drug-likeness (QED) is 0.914. The Morgan fingerprint density at radius 1 is 1.16 bits per heavy atom. The van der Waals surface area contributed by atoms with Crippen molar-refractivity contribution in [2.75, 3.05) is 19.0 Å². The van der Waals surface area contributed by atoms with Crippen molar-refractivity contribution in [3.05, 3.63) is 53.8 Å². The molecule has 2 heterocycles. The van der Waals surface area contributed by atoms with Crippen molar-refractivity contribution in [1.29, 1.82) is 0 Å². The van der Waals surface area contributed by atoms with Gasteiger partial charge in [0.15, 0.2) is 0 Å². The second kappa shape index (κ2) is 5.97. The van der Waals surface area contributed by atoms with E-state index in [0.29, 0.717) is 35.3 Å². The topological polar surface area (TPSA) is 58.6 Å². The summed E-state index contributed by atoms with van der Waals surface area (Å²) in [7, 11) is 1.54. The molecule has 2 unspecified atom stereocenters. The van der Waals surface area contributed by atoms with Gasteiger partial charge in [0.25, 0.3) is 5.91 Å². The first-order chi connectivity index (χ1) is 12.1. The van der Waals surface area contributed by atoms with Gasteiger partial charge in [0.05, 0.1) is 17.4 Å². The molecule has 2 aliphatic rings. The van der Waals surface area contributed by atoms with Gasteiger partial charge < -0.3 is 15.0 Å². The molecule has 2 aliphatic heterocycles. The van der Waals surface area contributed by atoms with E-state index in [-0.39, 0.29) is 23.7 Å². The van der Waals surface area contributed by atoms with E-state index in [1.54, 1.807) is 48.4 Å². The van der Waals surface area contributed by atoms with E-state index in [2.05, 4.69) is 5.32 Å². The number of fused-ring (bicyclic) bond motifs is 2. The molecule has 0 bridgehead atoms. The van der Waals surface area contributed by atoms with Gasteiger partial charge in [0, 0.05) is 19.2 Å². The van der Waals surface area contributed by atoms with Crippen molar-refractivity contribution >= 4 is 17.5 Å². The third kappa shape index (κ3) is 2.49. The predicted molar refractivity (Wildman–Crippen MR) is 90.7 cm³/mol. The number of anilines is 1. The molecule has 1 N–H and O–H groups in total.